The van der Waals surface area contributed by atoms with Crippen LogP contribution >= 0.6 is 0 Å². The maximum atomic E-state index is 13.3. The van der Waals surface area contributed by atoms with E-state index < -0.39 is 12.1 Å². The molecule has 0 bridgehead atoms. The molecule has 0 spiro atoms. The highest BCUT2D eigenvalue weighted by atomic mass is 16.3. The van der Waals surface area contributed by atoms with E-state index in [1.54, 1.807) is 12.4 Å². The molecule has 2 saturated carbocycles. The lowest BCUT2D eigenvalue weighted by atomic mass is 9.88. The Morgan fingerprint density at radius 3 is 1.42 bits per heavy atom. The molecule has 8 heterocycles. The summed E-state index contributed by atoms with van der Waals surface area (Å²) >= 11 is 0. The summed E-state index contributed by atoms with van der Waals surface area (Å²) in [6.45, 7) is 7.14. The first-order valence-electron chi connectivity index (χ1n) is 23.0. The summed E-state index contributed by atoms with van der Waals surface area (Å²) in [5.74, 6) is 0.666. The molecular weight excluding hydrogens is 809 g/mol. The highest BCUT2D eigenvalue weighted by Gasteiger charge is 2.57. The van der Waals surface area contributed by atoms with Crippen molar-refractivity contribution in [2.75, 3.05) is 26.3 Å². The predicted molar refractivity (Wildman–Crippen MR) is 243 cm³/mol. The third-order valence-corrected chi connectivity index (χ3v) is 14.4. The van der Waals surface area contributed by atoms with Crippen LogP contribution in [0.15, 0.2) is 95.1 Å². The van der Waals surface area contributed by atoms with Gasteiger partial charge in [0, 0.05) is 123 Å². The number of likely N-dealkylation sites (tertiary alicyclic amines) is 2. The lowest BCUT2D eigenvalue weighted by Gasteiger charge is -2.30. The zero-order valence-corrected chi connectivity index (χ0v) is 36.7. The van der Waals surface area contributed by atoms with Gasteiger partial charge in [0.2, 0.25) is 11.8 Å². The van der Waals surface area contributed by atoms with E-state index in [0.717, 1.165) is 22.5 Å². The van der Waals surface area contributed by atoms with Gasteiger partial charge in [-0.2, -0.15) is 0 Å². The maximum absolute atomic E-state index is 13.3. The molecule has 2 aliphatic carbocycles. The van der Waals surface area contributed by atoms with Crippen LogP contribution in [0.5, 0.6) is 0 Å². The standard InChI is InChI=1S/2C25H30N4O3/c2*1-2-4-18-8-9-21-22-19(14-28(21)25(18)32)20(15-30)23(24(31)27-12-16-6-7-16)29(22)13-17-5-3-10-26-11-17/h2*2-5,8-11,16,19-20,22-23,30H,6-7,12-15H2,1H3,(H,27,31)/b4-2+;4-2-/t2*19-,20-,22+,23-/m11/s1. The molecule has 64 heavy (non-hydrogen) atoms. The summed E-state index contributed by atoms with van der Waals surface area (Å²) < 4.78 is 3.67. The highest BCUT2D eigenvalue weighted by Crippen LogP contribution is 2.51. The third-order valence-electron chi connectivity index (χ3n) is 14.4. The molecule has 336 valence electrons. The number of carbonyl (C=O) groups excluding carboxylic acids is 2. The summed E-state index contributed by atoms with van der Waals surface area (Å²) in [5, 5.41) is 27.0. The van der Waals surface area contributed by atoms with Crippen LogP contribution in [0.3, 0.4) is 0 Å². The van der Waals surface area contributed by atoms with Crippen molar-refractivity contribution in [3.63, 3.8) is 0 Å². The fraction of sp³-hybridized carbons (Fsp3) is 0.480. The highest BCUT2D eigenvalue weighted by molar-refractivity contribution is 5.83. The second-order valence-corrected chi connectivity index (χ2v) is 18.5. The summed E-state index contributed by atoms with van der Waals surface area (Å²) in [7, 11) is 0. The Kier molecular flexibility index (Phi) is 12.9. The predicted octanol–water partition coefficient (Wildman–Crippen LogP) is 3.93. The fourth-order valence-electron chi connectivity index (χ4n) is 11.0. The minimum Gasteiger partial charge on any atom is -0.396 e. The Hall–Kier alpha value is -5.54. The number of nitrogens with one attached hydrogen (secondary N) is 2. The first kappa shape index (κ1) is 43.7. The van der Waals surface area contributed by atoms with Gasteiger partial charge in [-0.05, 0) is 98.9 Å². The van der Waals surface area contributed by atoms with Crippen LogP contribution in [0, 0.1) is 35.5 Å². The summed E-state index contributed by atoms with van der Waals surface area (Å²) in [6, 6.07) is 14.5. The molecule has 8 atom stereocenters. The van der Waals surface area contributed by atoms with Crippen molar-refractivity contribution in [2.24, 2.45) is 35.5 Å². The summed E-state index contributed by atoms with van der Waals surface area (Å²) in [4.78, 5) is 65.7. The third kappa shape index (κ3) is 8.56. The fourth-order valence-corrected chi connectivity index (χ4v) is 11.0. The smallest absolute Gasteiger partial charge is 0.258 e. The number of amides is 2. The molecule has 2 saturated heterocycles. The number of hydrogen-bond acceptors (Lipinski definition) is 10. The van der Waals surface area contributed by atoms with E-state index in [1.807, 2.05) is 108 Å². The summed E-state index contributed by atoms with van der Waals surface area (Å²) in [6.07, 6.45) is 19.2. The molecule has 10 rings (SSSR count). The van der Waals surface area contributed by atoms with E-state index in [0.29, 0.717) is 62.2 Å². The van der Waals surface area contributed by atoms with Gasteiger partial charge in [-0.1, -0.05) is 36.4 Å². The Bertz CT molecular complexity index is 2330. The molecule has 4 N–H and O–H groups in total. The Morgan fingerprint density at radius 2 is 1.08 bits per heavy atom. The number of aromatic nitrogens is 4. The number of pyridine rings is 4. The van der Waals surface area contributed by atoms with Gasteiger partial charge in [-0.3, -0.25) is 38.9 Å². The molecular formula is C50H60N8O6. The van der Waals surface area contributed by atoms with Crippen molar-refractivity contribution in [3.8, 4) is 0 Å². The van der Waals surface area contributed by atoms with Crippen molar-refractivity contribution < 1.29 is 19.8 Å². The van der Waals surface area contributed by atoms with Crippen LogP contribution in [0.2, 0.25) is 0 Å². The minimum absolute atomic E-state index is 0.00176. The van der Waals surface area contributed by atoms with E-state index in [4.69, 9.17) is 0 Å². The molecule has 4 fully saturated rings. The molecule has 14 nitrogen and oxygen atoms in total. The number of hydrogen-bond donors (Lipinski definition) is 4. The molecule has 0 aromatic carbocycles. The molecule has 4 aliphatic heterocycles. The second-order valence-electron chi connectivity index (χ2n) is 18.5. The van der Waals surface area contributed by atoms with Crippen molar-refractivity contribution in [1.82, 2.24) is 39.5 Å². The SMILES string of the molecule is C/C=C/c1ccc2n(c1=O)C[C@@H]1[C@@H](CO)[C@H](C(=O)NCC3CC3)N(Cc3cccnc3)[C@H]21.C/C=C\c1ccc2n(c1=O)C[C@@H]1[C@@H](CO)[C@H](C(=O)NCC3CC3)N(Cc3cccnc3)[C@H]21. The van der Waals surface area contributed by atoms with Gasteiger partial charge in [0.25, 0.3) is 11.1 Å². The van der Waals surface area contributed by atoms with Gasteiger partial charge in [0.15, 0.2) is 0 Å². The molecule has 6 aliphatic rings. The molecule has 0 unspecified atom stereocenters. The van der Waals surface area contributed by atoms with Gasteiger partial charge in [0.1, 0.15) is 0 Å². The van der Waals surface area contributed by atoms with Crippen molar-refractivity contribution in [1.29, 1.82) is 0 Å². The number of allylic oxidation sites excluding steroid dienone is 2. The van der Waals surface area contributed by atoms with E-state index in [2.05, 4.69) is 30.4 Å². The average molecular weight is 869 g/mol. The Morgan fingerprint density at radius 1 is 0.656 bits per heavy atom. The van der Waals surface area contributed by atoms with Crippen molar-refractivity contribution >= 4 is 24.0 Å². The van der Waals surface area contributed by atoms with Crippen LogP contribution in [0.25, 0.3) is 12.2 Å². The number of nitrogens with zero attached hydrogens (tertiary/aromatic N) is 6. The first-order valence-corrected chi connectivity index (χ1v) is 23.0. The Labute approximate surface area is 373 Å². The Balaban J connectivity index is 0.000000162. The molecule has 14 heteroatoms. The van der Waals surface area contributed by atoms with Gasteiger partial charge >= 0.3 is 0 Å². The van der Waals surface area contributed by atoms with E-state index >= 15 is 0 Å². The number of rotatable bonds is 14. The largest absolute Gasteiger partial charge is 0.396 e. The lowest BCUT2D eigenvalue weighted by molar-refractivity contribution is -0.128. The number of aliphatic hydroxyl groups is 2. The topological polar surface area (TPSA) is 175 Å². The number of fused-ring (bicyclic) bond motifs is 6. The lowest BCUT2D eigenvalue weighted by Crippen LogP contribution is -2.48. The van der Waals surface area contributed by atoms with Crippen LogP contribution in [-0.2, 0) is 35.8 Å². The van der Waals surface area contributed by atoms with Gasteiger partial charge < -0.3 is 30.0 Å². The minimum atomic E-state index is -0.437. The summed E-state index contributed by atoms with van der Waals surface area (Å²) in [5.41, 5.74) is 5.17. The van der Waals surface area contributed by atoms with E-state index in [-0.39, 0.29) is 71.9 Å². The monoisotopic (exact) mass is 868 g/mol. The normalized spacial score (nSPS) is 26.9. The van der Waals surface area contributed by atoms with Gasteiger partial charge in [-0.15, -0.1) is 0 Å². The quantitative estimate of drug-likeness (QED) is 0.146. The zero-order valence-electron chi connectivity index (χ0n) is 36.7. The number of aliphatic hydroxyl groups excluding tert-OH is 2. The van der Waals surface area contributed by atoms with Crippen molar-refractivity contribution in [2.45, 2.75) is 89.9 Å². The number of carbonyl (C=O) groups is 2. The molecule has 4 aromatic rings. The van der Waals surface area contributed by atoms with Crippen molar-refractivity contribution in [3.05, 3.63) is 140 Å². The van der Waals surface area contributed by atoms with Crippen LogP contribution in [0.4, 0.5) is 0 Å². The van der Waals surface area contributed by atoms with Crippen LogP contribution in [-0.4, -0.2) is 89.3 Å². The van der Waals surface area contributed by atoms with E-state index in [1.165, 1.54) is 25.7 Å². The van der Waals surface area contributed by atoms with Crippen LogP contribution < -0.4 is 21.8 Å². The molecule has 4 aromatic heterocycles. The zero-order chi connectivity index (χ0) is 44.5. The second kappa shape index (κ2) is 18.9. The molecule has 0 radical (unpaired) electrons. The van der Waals surface area contributed by atoms with Gasteiger partial charge in [0.05, 0.1) is 24.2 Å². The maximum Gasteiger partial charge on any atom is 0.258 e. The van der Waals surface area contributed by atoms with Gasteiger partial charge in [-0.25, -0.2) is 0 Å². The average Bonchev–Trinajstić information content (AvgIpc) is 4.20. The van der Waals surface area contributed by atoms with E-state index in [9.17, 15) is 29.4 Å². The molecule has 2 amide bonds. The van der Waals surface area contributed by atoms with Crippen LogP contribution in [0.1, 0.15) is 85.3 Å². The first-order chi connectivity index (χ1) is 31.2.